The molecular formula is C24H29F3N4O. The number of carbonyl (C=O) groups is 1. The smallest absolute Gasteiger partial charge is 0.353 e. The van der Waals surface area contributed by atoms with E-state index < -0.39 is 11.7 Å². The number of aryl methyl sites for hydroxylation is 2. The van der Waals surface area contributed by atoms with E-state index in [1.54, 1.807) is 6.07 Å². The van der Waals surface area contributed by atoms with Gasteiger partial charge in [-0.1, -0.05) is 31.5 Å². The summed E-state index contributed by atoms with van der Waals surface area (Å²) < 4.78 is 39.6. The fourth-order valence-corrected chi connectivity index (χ4v) is 4.49. The van der Waals surface area contributed by atoms with E-state index in [-0.39, 0.29) is 11.8 Å². The third-order valence-corrected chi connectivity index (χ3v) is 6.50. The molecule has 0 spiro atoms. The predicted molar refractivity (Wildman–Crippen MR) is 117 cm³/mol. The van der Waals surface area contributed by atoms with Crippen LogP contribution >= 0.6 is 0 Å². The average molecular weight is 447 g/mol. The van der Waals surface area contributed by atoms with Crippen LogP contribution in [0.3, 0.4) is 0 Å². The minimum Gasteiger partial charge on any atom is -0.353 e. The summed E-state index contributed by atoms with van der Waals surface area (Å²) in [6, 6.07) is 5.46. The van der Waals surface area contributed by atoms with E-state index in [0.29, 0.717) is 50.4 Å². The topological polar surface area (TPSA) is 49.3 Å². The van der Waals surface area contributed by atoms with Crippen LogP contribution in [-0.2, 0) is 23.8 Å². The Morgan fingerprint density at radius 3 is 2.44 bits per heavy atom. The fourth-order valence-electron chi connectivity index (χ4n) is 4.49. The molecule has 0 N–H and O–H groups in total. The Kier molecular flexibility index (Phi) is 6.40. The van der Waals surface area contributed by atoms with Crippen LogP contribution in [0.25, 0.3) is 0 Å². The molecule has 2 aromatic rings. The number of alkyl halides is 3. The zero-order chi connectivity index (χ0) is 22.9. The second kappa shape index (κ2) is 9.08. The molecule has 1 saturated heterocycles. The van der Waals surface area contributed by atoms with E-state index >= 15 is 0 Å². The summed E-state index contributed by atoms with van der Waals surface area (Å²) in [5.41, 5.74) is 1.67. The van der Waals surface area contributed by atoms with E-state index in [4.69, 9.17) is 4.98 Å². The Balaban J connectivity index is 1.58. The predicted octanol–water partition coefficient (Wildman–Crippen LogP) is 4.41. The van der Waals surface area contributed by atoms with E-state index in [9.17, 15) is 18.0 Å². The number of aromatic nitrogens is 2. The summed E-state index contributed by atoms with van der Waals surface area (Å²) in [5.74, 6) is 1.87. The Labute approximate surface area is 186 Å². The van der Waals surface area contributed by atoms with Crippen LogP contribution in [0.5, 0.6) is 0 Å². The summed E-state index contributed by atoms with van der Waals surface area (Å²) in [6.07, 6.45) is -0.250. The molecule has 1 aliphatic carbocycles. The number of rotatable bonds is 5. The Bertz CT molecular complexity index is 980. The molecule has 1 aromatic carbocycles. The molecule has 32 heavy (non-hydrogen) atoms. The van der Waals surface area contributed by atoms with Gasteiger partial charge in [0, 0.05) is 49.8 Å². The van der Waals surface area contributed by atoms with Gasteiger partial charge < -0.3 is 9.80 Å². The Morgan fingerprint density at radius 1 is 1.12 bits per heavy atom. The molecule has 1 amide bonds. The summed E-state index contributed by atoms with van der Waals surface area (Å²) in [6.45, 7) is 6.44. The second-order valence-electron chi connectivity index (χ2n) is 8.69. The first kappa shape index (κ1) is 22.6. The fraction of sp³-hybridized carbons (Fsp3) is 0.542. The maximum absolute atomic E-state index is 13.2. The SMILES string of the molecule is CCc1nc(C)nc(N2CCN(C(=O)C3CCC3)CC2)c1Cc1cccc(C(F)(F)F)c1. The van der Waals surface area contributed by atoms with Crippen LogP contribution in [0.2, 0.25) is 0 Å². The highest BCUT2D eigenvalue weighted by Gasteiger charge is 2.33. The number of amides is 1. The minimum atomic E-state index is -4.38. The van der Waals surface area contributed by atoms with Crippen LogP contribution in [0.1, 0.15) is 54.4 Å². The summed E-state index contributed by atoms with van der Waals surface area (Å²) >= 11 is 0. The van der Waals surface area contributed by atoms with Crippen molar-refractivity contribution in [1.29, 1.82) is 0 Å². The third-order valence-electron chi connectivity index (χ3n) is 6.50. The maximum Gasteiger partial charge on any atom is 0.416 e. The number of nitrogens with zero attached hydrogens (tertiary/aromatic N) is 4. The molecule has 2 aliphatic rings. The number of hydrogen-bond acceptors (Lipinski definition) is 4. The molecule has 4 rings (SSSR count). The largest absolute Gasteiger partial charge is 0.416 e. The van der Waals surface area contributed by atoms with Gasteiger partial charge in [-0.25, -0.2) is 9.97 Å². The standard InChI is InChI=1S/C24H29F3N4O/c1-3-21-20(15-17-6-4-9-19(14-17)24(25,26)27)22(29-16(2)28-21)30-10-12-31(13-11-30)23(32)18-7-5-8-18/h4,6,9,14,18H,3,5,7-8,10-13,15H2,1-2H3. The number of hydrogen-bond donors (Lipinski definition) is 0. The highest BCUT2D eigenvalue weighted by molar-refractivity contribution is 5.80. The van der Waals surface area contributed by atoms with E-state index in [2.05, 4.69) is 9.88 Å². The lowest BCUT2D eigenvalue weighted by Gasteiger charge is -2.39. The van der Waals surface area contributed by atoms with Crippen LogP contribution < -0.4 is 4.90 Å². The van der Waals surface area contributed by atoms with Gasteiger partial charge in [0.15, 0.2) is 0 Å². The molecule has 1 aromatic heterocycles. The van der Waals surface area contributed by atoms with Crippen LogP contribution in [0.4, 0.5) is 19.0 Å². The van der Waals surface area contributed by atoms with Crippen LogP contribution in [0.15, 0.2) is 24.3 Å². The van der Waals surface area contributed by atoms with E-state index in [0.717, 1.165) is 42.4 Å². The molecule has 2 heterocycles. The van der Waals surface area contributed by atoms with Gasteiger partial charge in [0.2, 0.25) is 5.91 Å². The van der Waals surface area contributed by atoms with Gasteiger partial charge in [-0.3, -0.25) is 4.79 Å². The second-order valence-corrected chi connectivity index (χ2v) is 8.69. The zero-order valence-corrected chi connectivity index (χ0v) is 18.6. The maximum atomic E-state index is 13.2. The van der Waals surface area contributed by atoms with Crippen molar-refractivity contribution in [2.24, 2.45) is 5.92 Å². The van der Waals surface area contributed by atoms with E-state index in [1.807, 2.05) is 18.7 Å². The summed E-state index contributed by atoms with van der Waals surface area (Å²) in [5, 5.41) is 0. The quantitative estimate of drug-likeness (QED) is 0.683. The first-order valence-electron chi connectivity index (χ1n) is 11.3. The van der Waals surface area contributed by atoms with Gasteiger partial charge in [-0.05, 0) is 37.8 Å². The number of halogens is 3. The highest BCUT2D eigenvalue weighted by Crippen LogP contribution is 2.32. The van der Waals surface area contributed by atoms with Crippen LogP contribution in [0, 0.1) is 12.8 Å². The van der Waals surface area contributed by atoms with Gasteiger partial charge >= 0.3 is 6.18 Å². The van der Waals surface area contributed by atoms with Crippen molar-refractivity contribution in [1.82, 2.24) is 14.9 Å². The normalized spacial score (nSPS) is 17.4. The number of carbonyl (C=O) groups excluding carboxylic acids is 1. The number of benzene rings is 1. The first-order valence-corrected chi connectivity index (χ1v) is 11.3. The van der Waals surface area contributed by atoms with Crippen molar-refractivity contribution < 1.29 is 18.0 Å². The van der Waals surface area contributed by atoms with Gasteiger partial charge in [0.25, 0.3) is 0 Å². The number of anilines is 1. The Morgan fingerprint density at radius 2 is 1.84 bits per heavy atom. The Hall–Kier alpha value is -2.64. The minimum absolute atomic E-state index is 0.186. The monoisotopic (exact) mass is 446 g/mol. The first-order chi connectivity index (χ1) is 15.3. The molecule has 0 unspecified atom stereocenters. The molecule has 1 saturated carbocycles. The summed E-state index contributed by atoms with van der Waals surface area (Å²) in [7, 11) is 0. The molecule has 8 heteroatoms. The molecular weight excluding hydrogens is 417 g/mol. The summed E-state index contributed by atoms with van der Waals surface area (Å²) in [4.78, 5) is 26.0. The average Bonchev–Trinajstić information content (AvgIpc) is 2.73. The molecule has 1 aliphatic heterocycles. The van der Waals surface area contributed by atoms with Gasteiger partial charge in [0.1, 0.15) is 11.6 Å². The van der Waals surface area contributed by atoms with Crippen molar-refractivity contribution in [2.75, 3.05) is 31.1 Å². The molecule has 5 nitrogen and oxygen atoms in total. The number of piperazine rings is 1. The lowest BCUT2D eigenvalue weighted by Crippen LogP contribution is -2.51. The molecule has 0 radical (unpaired) electrons. The van der Waals surface area contributed by atoms with Crippen molar-refractivity contribution in [3.63, 3.8) is 0 Å². The lowest BCUT2D eigenvalue weighted by atomic mass is 9.84. The highest BCUT2D eigenvalue weighted by atomic mass is 19.4. The van der Waals surface area contributed by atoms with Crippen molar-refractivity contribution in [2.45, 2.75) is 52.1 Å². The molecule has 172 valence electrons. The third kappa shape index (κ3) is 4.74. The van der Waals surface area contributed by atoms with Crippen molar-refractivity contribution in [3.05, 3.63) is 52.5 Å². The molecule has 2 fully saturated rings. The lowest BCUT2D eigenvalue weighted by molar-refractivity contribution is -0.138. The van der Waals surface area contributed by atoms with E-state index in [1.165, 1.54) is 12.1 Å². The van der Waals surface area contributed by atoms with Gasteiger partial charge in [-0.2, -0.15) is 13.2 Å². The van der Waals surface area contributed by atoms with Crippen molar-refractivity contribution in [3.8, 4) is 0 Å². The molecule has 0 atom stereocenters. The van der Waals surface area contributed by atoms with Gasteiger partial charge in [0.05, 0.1) is 5.56 Å². The molecule has 0 bridgehead atoms. The van der Waals surface area contributed by atoms with Crippen molar-refractivity contribution >= 4 is 11.7 Å². The zero-order valence-electron chi connectivity index (χ0n) is 18.6. The van der Waals surface area contributed by atoms with Gasteiger partial charge in [-0.15, -0.1) is 0 Å². The van der Waals surface area contributed by atoms with Crippen LogP contribution in [-0.4, -0.2) is 47.0 Å².